The van der Waals surface area contributed by atoms with Gasteiger partial charge in [-0.05, 0) is 95.1 Å². The first kappa shape index (κ1) is 34.3. The molecular weight excluding hydrogens is 709 g/mol. The number of nitrogens with zero attached hydrogens (tertiary/aromatic N) is 2. The summed E-state index contributed by atoms with van der Waals surface area (Å²) in [7, 11) is 6.15. The third-order valence-electron chi connectivity index (χ3n) is 10.6. The van der Waals surface area contributed by atoms with Gasteiger partial charge in [-0.3, -0.25) is 19.2 Å². The zero-order chi connectivity index (χ0) is 38.8. The van der Waals surface area contributed by atoms with E-state index in [9.17, 15) is 19.2 Å². The van der Waals surface area contributed by atoms with Crippen LogP contribution in [0, 0.1) is 0 Å². The standard InChI is InChI=1S/C46H32N2O8/c1-53-35-21-17-31-39-32(18-22-36(54-2)41(35)39)44(50)47(43(31)49)29-13-9-27(10-14-29)25-5-7-26(8-6-25)28-11-15-30(16-12-28)48-45(51)33-19-23-37(55-3)42-38(56-4)24-20-34(40(33)42)46(48)52/h5-24H,1-4H3. The summed E-state index contributed by atoms with van der Waals surface area (Å²) in [5.41, 5.74) is 6.15. The van der Waals surface area contributed by atoms with Crippen molar-refractivity contribution in [1.82, 2.24) is 0 Å². The van der Waals surface area contributed by atoms with Crippen molar-refractivity contribution in [1.29, 1.82) is 0 Å². The van der Waals surface area contributed by atoms with Gasteiger partial charge in [0, 0.05) is 33.0 Å². The van der Waals surface area contributed by atoms with E-state index in [4.69, 9.17) is 18.9 Å². The van der Waals surface area contributed by atoms with Crippen molar-refractivity contribution in [2.24, 2.45) is 0 Å². The molecule has 9 rings (SSSR count). The maximum absolute atomic E-state index is 13.8. The molecule has 0 radical (unpaired) electrons. The summed E-state index contributed by atoms with van der Waals surface area (Å²) in [6.07, 6.45) is 0. The van der Waals surface area contributed by atoms with E-state index in [1.165, 1.54) is 38.2 Å². The maximum Gasteiger partial charge on any atom is 0.265 e. The van der Waals surface area contributed by atoms with E-state index in [1.54, 1.807) is 72.8 Å². The van der Waals surface area contributed by atoms with Crippen LogP contribution >= 0.6 is 0 Å². The second-order valence-corrected chi connectivity index (χ2v) is 13.3. The lowest BCUT2D eigenvalue weighted by Gasteiger charge is -2.28. The molecule has 7 aromatic carbocycles. The van der Waals surface area contributed by atoms with Gasteiger partial charge in [-0.25, -0.2) is 9.80 Å². The monoisotopic (exact) mass is 740 g/mol. The fraction of sp³-hybridized carbons (Fsp3) is 0.0870. The molecule has 10 heteroatoms. The molecule has 2 heterocycles. The molecule has 0 fully saturated rings. The molecule has 0 saturated carbocycles. The minimum absolute atomic E-state index is 0.390. The van der Waals surface area contributed by atoms with Crippen LogP contribution in [-0.4, -0.2) is 52.1 Å². The molecule has 56 heavy (non-hydrogen) atoms. The highest BCUT2D eigenvalue weighted by molar-refractivity contribution is 6.37. The summed E-state index contributed by atoms with van der Waals surface area (Å²) < 4.78 is 22.1. The Bertz CT molecular complexity index is 2500. The van der Waals surface area contributed by atoms with Gasteiger partial charge in [0.1, 0.15) is 23.0 Å². The van der Waals surface area contributed by atoms with Crippen LogP contribution in [0.5, 0.6) is 23.0 Å². The Morgan fingerprint density at radius 2 is 0.536 bits per heavy atom. The Hall–Kier alpha value is -7.46. The molecule has 0 N–H and O–H groups in total. The molecule has 0 unspecified atom stereocenters. The van der Waals surface area contributed by atoms with Gasteiger partial charge in [-0.2, -0.15) is 0 Å². The van der Waals surface area contributed by atoms with Crippen LogP contribution in [0.4, 0.5) is 11.4 Å². The van der Waals surface area contributed by atoms with Crippen LogP contribution in [0.1, 0.15) is 41.4 Å². The van der Waals surface area contributed by atoms with Gasteiger partial charge >= 0.3 is 0 Å². The Labute approximate surface area is 321 Å². The maximum atomic E-state index is 13.8. The van der Waals surface area contributed by atoms with Gasteiger partial charge in [0.05, 0.1) is 50.6 Å². The number of ether oxygens (including phenoxy) is 4. The van der Waals surface area contributed by atoms with E-state index in [0.29, 0.717) is 78.2 Å². The molecule has 7 aromatic rings. The van der Waals surface area contributed by atoms with E-state index >= 15 is 0 Å². The Kier molecular flexibility index (Phi) is 8.05. The Morgan fingerprint density at radius 3 is 0.768 bits per heavy atom. The number of carbonyl (C=O) groups is 4. The highest BCUT2D eigenvalue weighted by Crippen LogP contribution is 2.44. The minimum Gasteiger partial charge on any atom is -0.496 e. The third kappa shape index (κ3) is 5.03. The normalized spacial score (nSPS) is 13.4. The molecule has 0 atom stereocenters. The van der Waals surface area contributed by atoms with Gasteiger partial charge in [-0.15, -0.1) is 0 Å². The first-order valence-corrected chi connectivity index (χ1v) is 17.7. The van der Waals surface area contributed by atoms with E-state index in [0.717, 1.165) is 22.3 Å². The summed E-state index contributed by atoms with van der Waals surface area (Å²) in [4.78, 5) is 57.6. The lowest BCUT2D eigenvalue weighted by atomic mass is 9.92. The van der Waals surface area contributed by atoms with Crippen molar-refractivity contribution < 1.29 is 38.1 Å². The first-order chi connectivity index (χ1) is 27.3. The van der Waals surface area contributed by atoms with Gasteiger partial charge in [0.2, 0.25) is 0 Å². The van der Waals surface area contributed by atoms with E-state index in [-0.39, 0.29) is 0 Å². The molecular formula is C46H32N2O8. The summed E-state index contributed by atoms with van der Waals surface area (Å²) >= 11 is 0. The predicted molar refractivity (Wildman–Crippen MR) is 214 cm³/mol. The van der Waals surface area contributed by atoms with Crippen LogP contribution in [0.25, 0.3) is 43.8 Å². The largest absolute Gasteiger partial charge is 0.496 e. The Balaban J connectivity index is 0.951. The topological polar surface area (TPSA) is 112 Å². The number of imide groups is 2. The molecule has 0 spiro atoms. The SMILES string of the molecule is COc1ccc2c3c(ccc(OC)c13)C(=O)N(c1ccc(-c3ccc(-c4ccc(N5C(=O)c6ccc(OC)c7c(OC)ccc(c67)C5=O)cc4)cc3)cc1)C2=O. The van der Waals surface area contributed by atoms with Gasteiger partial charge in [-0.1, -0.05) is 48.5 Å². The van der Waals surface area contributed by atoms with Crippen LogP contribution in [0.15, 0.2) is 121 Å². The number of methoxy groups -OCH3 is 4. The summed E-state index contributed by atoms with van der Waals surface area (Å²) in [6.45, 7) is 0. The molecule has 2 aliphatic rings. The van der Waals surface area contributed by atoms with Crippen molar-refractivity contribution in [2.45, 2.75) is 0 Å². The Morgan fingerprint density at radius 1 is 0.304 bits per heavy atom. The highest BCUT2D eigenvalue weighted by atomic mass is 16.5. The summed E-state index contributed by atoms with van der Waals surface area (Å²) in [5.74, 6) is 0.359. The lowest BCUT2D eigenvalue weighted by Crippen LogP contribution is -2.40. The average molecular weight is 741 g/mol. The quantitative estimate of drug-likeness (QED) is 0.142. The second kappa shape index (κ2) is 13.1. The summed E-state index contributed by atoms with van der Waals surface area (Å²) in [6, 6.07) is 36.1. The fourth-order valence-electron chi connectivity index (χ4n) is 7.86. The minimum atomic E-state index is -0.427. The van der Waals surface area contributed by atoms with Crippen LogP contribution in [0.2, 0.25) is 0 Å². The van der Waals surface area contributed by atoms with Gasteiger partial charge < -0.3 is 18.9 Å². The molecule has 0 aliphatic carbocycles. The summed E-state index contributed by atoms with van der Waals surface area (Å²) in [5, 5.41) is 2.20. The number of hydrogen-bond donors (Lipinski definition) is 0. The van der Waals surface area contributed by atoms with E-state index < -0.39 is 23.6 Å². The second-order valence-electron chi connectivity index (χ2n) is 13.3. The smallest absolute Gasteiger partial charge is 0.265 e. The number of anilines is 2. The predicted octanol–water partition coefficient (Wildman–Crippen LogP) is 8.96. The van der Waals surface area contributed by atoms with Crippen LogP contribution < -0.4 is 28.7 Å². The zero-order valence-corrected chi connectivity index (χ0v) is 30.7. The van der Waals surface area contributed by atoms with E-state index in [2.05, 4.69) is 0 Å². The molecule has 274 valence electrons. The highest BCUT2D eigenvalue weighted by Gasteiger charge is 2.37. The average Bonchev–Trinajstić information content (AvgIpc) is 3.24. The van der Waals surface area contributed by atoms with Crippen LogP contribution in [-0.2, 0) is 0 Å². The van der Waals surface area contributed by atoms with Crippen LogP contribution in [0.3, 0.4) is 0 Å². The molecule has 0 aromatic heterocycles. The molecule has 4 amide bonds. The zero-order valence-electron chi connectivity index (χ0n) is 30.7. The fourth-order valence-corrected chi connectivity index (χ4v) is 7.86. The number of benzene rings is 7. The van der Waals surface area contributed by atoms with Crippen molar-refractivity contribution in [3.63, 3.8) is 0 Å². The molecule has 0 bridgehead atoms. The molecule has 10 nitrogen and oxygen atoms in total. The molecule has 2 aliphatic heterocycles. The van der Waals surface area contributed by atoms with Crippen molar-refractivity contribution >= 4 is 56.5 Å². The van der Waals surface area contributed by atoms with Crippen molar-refractivity contribution in [3.8, 4) is 45.3 Å². The number of rotatable bonds is 8. The third-order valence-corrected chi connectivity index (χ3v) is 10.6. The first-order valence-electron chi connectivity index (χ1n) is 17.7. The number of hydrogen-bond acceptors (Lipinski definition) is 8. The van der Waals surface area contributed by atoms with Gasteiger partial charge in [0.25, 0.3) is 23.6 Å². The van der Waals surface area contributed by atoms with E-state index in [1.807, 2.05) is 48.5 Å². The van der Waals surface area contributed by atoms with Gasteiger partial charge in [0.15, 0.2) is 0 Å². The van der Waals surface area contributed by atoms with Crippen molar-refractivity contribution in [2.75, 3.05) is 38.2 Å². The molecule has 0 saturated heterocycles. The number of amides is 4. The number of carbonyl (C=O) groups excluding carboxylic acids is 4. The lowest BCUT2D eigenvalue weighted by molar-refractivity contribution is 0.0877. The van der Waals surface area contributed by atoms with Crippen molar-refractivity contribution in [3.05, 3.63) is 144 Å².